The summed E-state index contributed by atoms with van der Waals surface area (Å²) in [6.45, 7) is 1.68. The molecule has 3 heterocycles. The predicted octanol–water partition coefficient (Wildman–Crippen LogP) is 4.69. The Morgan fingerprint density at radius 2 is 1.78 bits per heavy atom. The van der Waals surface area contributed by atoms with E-state index in [1.807, 2.05) is 6.07 Å². The van der Waals surface area contributed by atoms with Crippen molar-refractivity contribution in [3.8, 4) is 11.3 Å². The SMILES string of the molecule is COC(=O)C1=C(C)N=c2s/c(=C\c3ccc(-c4ccccc4C(F)(F)F)o3)c(=O)n2C1c1ccccc1. The fourth-order valence-electron chi connectivity index (χ4n) is 4.29. The molecule has 1 aliphatic rings. The average molecular weight is 525 g/mol. The second kappa shape index (κ2) is 9.36. The van der Waals surface area contributed by atoms with Crippen molar-refractivity contribution in [3.05, 3.63) is 115 Å². The van der Waals surface area contributed by atoms with E-state index in [-0.39, 0.29) is 27.2 Å². The molecular weight excluding hydrogens is 505 g/mol. The van der Waals surface area contributed by atoms with Crippen molar-refractivity contribution in [2.75, 3.05) is 7.11 Å². The number of ether oxygens (including phenoxy) is 1. The lowest BCUT2D eigenvalue weighted by molar-refractivity contribution is -0.137. The van der Waals surface area contributed by atoms with Crippen LogP contribution in [0.25, 0.3) is 17.4 Å². The second-order valence-electron chi connectivity index (χ2n) is 8.23. The van der Waals surface area contributed by atoms with Crippen LogP contribution in [0.15, 0.2) is 92.2 Å². The molecule has 37 heavy (non-hydrogen) atoms. The van der Waals surface area contributed by atoms with Gasteiger partial charge in [0.05, 0.1) is 34.5 Å². The summed E-state index contributed by atoms with van der Waals surface area (Å²) in [6.07, 6.45) is -3.09. The van der Waals surface area contributed by atoms with Crippen LogP contribution in [0.2, 0.25) is 0 Å². The summed E-state index contributed by atoms with van der Waals surface area (Å²) in [7, 11) is 1.27. The molecule has 0 aliphatic carbocycles. The molecule has 5 rings (SSSR count). The first-order chi connectivity index (χ1) is 17.7. The number of nitrogens with zero attached hydrogens (tertiary/aromatic N) is 2. The molecule has 0 saturated heterocycles. The lowest BCUT2D eigenvalue weighted by Crippen LogP contribution is -2.39. The smallest absolute Gasteiger partial charge is 0.417 e. The molecule has 188 valence electrons. The van der Waals surface area contributed by atoms with E-state index in [9.17, 15) is 22.8 Å². The topological polar surface area (TPSA) is 73.8 Å². The number of benzene rings is 2. The van der Waals surface area contributed by atoms with E-state index in [0.717, 1.165) is 17.4 Å². The van der Waals surface area contributed by atoms with Crippen LogP contribution >= 0.6 is 11.3 Å². The molecule has 10 heteroatoms. The van der Waals surface area contributed by atoms with E-state index in [2.05, 4.69) is 4.99 Å². The van der Waals surface area contributed by atoms with E-state index in [4.69, 9.17) is 9.15 Å². The molecule has 6 nitrogen and oxygen atoms in total. The number of rotatable bonds is 4. The van der Waals surface area contributed by atoms with E-state index in [1.165, 1.54) is 48.1 Å². The Morgan fingerprint density at radius 1 is 1.08 bits per heavy atom. The van der Waals surface area contributed by atoms with Crippen LogP contribution in [0.3, 0.4) is 0 Å². The largest absolute Gasteiger partial charge is 0.466 e. The van der Waals surface area contributed by atoms with Crippen LogP contribution in [-0.4, -0.2) is 17.6 Å². The van der Waals surface area contributed by atoms with Gasteiger partial charge in [-0.1, -0.05) is 59.9 Å². The van der Waals surface area contributed by atoms with Crippen LogP contribution in [0, 0.1) is 0 Å². The summed E-state index contributed by atoms with van der Waals surface area (Å²) >= 11 is 1.09. The minimum absolute atomic E-state index is 0.0259. The minimum atomic E-state index is -4.55. The van der Waals surface area contributed by atoms with Crippen molar-refractivity contribution >= 4 is 23.4 Å². The summed E-state index contributed by atoms with van der Waals surface area (Å²) in [6, 6.07) is 16.3. The summed E-state index contributed by atoms with van der Waals surface area (Å²) in [4.78, 5) is 31.1. The van der Waals surface area contributed by atoms with E-state index in [1.54, 1.807) is 31.2 Å². The van der Waals surface area contributed by atoms with Crippen LogP contribution in [-0.2, 0) is 15.7 Å². The fraction of sp³-hybridized carbons (Fsp3) is 0.148. The molecule has 0 bridgehead atoms. The van der Waals surface area contributed by atoms with Gasteiger partial charge in [-0.15, -0.1) is 0 Å². The first-order valence-corrected chi connectivity index (χ1v) is 11.9. The molecule has 0 N–H and O–H groups in total. The maximum atomic E-state index is 13.5. The molecule has 1 aliphatic heterocycles. The summed E-state index contributed by atoms with van der Waals surface area (Å²) < 4.78 is 52.7. The standard InChI is InChI=1S/C27H19F3N2O4S/c1-15-22(25(34)35-2)23(16-8-4-3-5-9-16)32-24(33)21(37-26(32)31-15)14-17-12-13-20(36-17)18-10-6-7-11-19(18)27(28,29)30/h3-14,23H,1-2H3/b21-14-. The molecule has 0 radical (unpaired) electrons. The summed E-state index contributed by atoms with van der Waals surface area (Å²) in [5, 5.41) is 0. The number of furan rings is 1. The number of allylic oxidation sites excluding steroid dienone is 1. The zero-order valence-electron chi connectivity index (χ0n) is 19.6. The summed E-state index contributed by atoms with van der Waals surface area (Å²) in [5.41, 5.74) is 0.0470. The molecular formula is C27H19F3N2O4S. The molecule has 0 fully saturated rings. The minimum Gasteiger partial charge on any atom is -0.466 e. The number of esters is 1. The Kier molecular flexibility index (Phi) is 6.20. The zero-order valence-corrected chi connectivity index (χ0v) is 20.4. The number of fused-ring (bicyclic) bond motifs is 1. The van der Waals surface area contributed by atoms with Gasteiger partial charge in [-0.3, -0.25) is 9.36 Å². The van der Waals surface area contributed by atoms with E-state index in [0.29, 0.717) is 16.1 Å². The molecule has 2 aromatic heterocycles. The van der Waals surface area contributed by atoms with Gasteiger partial charge in [0.15, 0.2) is 4.80 Å². The van der Waals surface area contributed by atoms with Gasteiger partial charge in [0.2, 0.25) is 0 Å². The number of thiazole rings is 1. The van der Waals surface area contributed by atoms with Gasteiger partial charge in [0, 0.05) is 11.6 Å². The van der Waals surface area contributed by atoms with Gasteiger partial charge in [0.25, 0.3) is 5.56 Å². The van der Waals surface area contributed by atoms with E-state index >= 15 is 0 Å². The number of halogens is 3. The third-order valence-corrected chi connectivity index (χ3v) is 6.92. The third kappa shape index (κ3) is 4.44. The number of hydrogen-bond donors (Lipinski definition) is 0. The van der Waals surface area contributed by atoms with Gasteiger partial charge in [-0.25, -0.2) is 9.79 Å². The Labute approximate surface area is 212 Å². The van der Waals surface area contributed by atoms with Crippen molar-refractivity contribution in [2.45, 2.75) is 19.1 Å². The summed E-state index contributed by atoms with van der Waals surface area (Å²) in [5.74, 6) is -0.362. The number of methoxy groups -OCH3 is 1. The Bertz CT molecular complexity index is 1710. The number of carbonyl (C=O) groups is 1. The lowest BCUT2D eigenvalue weighted by Gasteiger charge is -2.24. The Hall–Kier alpha value is -4.18. The van der Waals surface area contributed by atoms with Crippen molar-refractivity contribution in [3.63, 3.8) is 0 Å². The van der Waals surface area contributed by atoms with Crippen LogP contribution in [0.4, 0.5) is 13.2 Å². The molecule has 0 saturated carbocycles. The van der Waals surface area contributed by atoms with Crippen molar-refractivity contribution in [1.29, 1.82) is 0 Å². The van der Waals surface area contributed by atoms with Crippen molar-refractivity contribution in [2.24, 2.45) is 4.99 Å². The van der Waals surface area contributed by atoms with Gasteiger partial charge in [0.1, 0.15) is 11.5 Å². The molecule has 4 aromatic rings. The van der Waals surface area contributed by atoms with Crippen LogP contribution < -0.4 is 14.9 Å². The van der Waals surface area contributed by atoms with Gasteiger partial charge >= 0.3 is 12.1 Å². The normalized spacial score (nSPS) is 15.9. The highest BCUT2D eigenvalue weighted by molar-refractivity contribution is 7.07. The number of aromatic nitrogens is 1. The highest BCUT2D eigenvalue weighted by Gasteiger charge is 2.34. The van der Waals surface area contributed by atoms with Crippen molar-refractivity contribution in [1.82, 2.24) is 4.57 Å². The molecule has 1 unspecified atom stereocenters. The first-order valence-electron chi connectivity index (χ1n) is 11.1. The maximum Gasteiger partial charge on any atom is 0.417 e. The average Bonchev–Trinajstić information content (AvgIpc) is 3.47. The highest BCUT2D eigenvalue weighted by Crippen LogP contribution is 2.37. The predicted molar refractivity (Wildman–Crippen MR) is 131 cm³/mol. The Balaban J connectivity index is 1.63. The lowest BCUT2D eigenvalue weighted by atomic mass is 9.96. The van der Waals surface area contributed by atoms with Crippen molar-refractivity contribution < 1.29 is 27.1 Å². The highest BCUT2D eigenvalue weighted by atomic mass is 32.1. The van der Waals surface area contributed by atoms with Crippen LogP contribution in [0.1, 0.15) is 29.9 Å². The second-order valence-corrected chi connectivity index (χ2v) is 9.24. The third-order valence-electron chi connectivity index (χ3n) is 5.94. The molecule has 0 spiro atoms. The number of alkyl halides is 3. The maximum absolute atomic E-state index is 13.5. The van der Waals surface area contributed by atoms with Gasteiger partial charge in [-0.2, -0.15) is 13.2 Å². The number of carbonyl (C=O) groups excluding carboxylic acids is 1. The monoisotopic (exact) mass is 524 g/mol. The zero-order chi connectivity index (χ0) is 26.3. The first kappa shape index (κ1) is 24.5. The number of hydrogen-bond acceptors (Lipinski definition) is 6. The molecule has 0 amide bonds. The molecule has 1 atom stereocenters. The molecule has 2 aromatic carbocycles. The quantitative estimate of drug-likeness (QED) is 0.363. The fourth-order valence-corrected chi connectivity index (χ4v) is 5.32. The van der Waals surface area contributed by atoms with E-state index < -0.39 is 29.3 Å². The van der Waals surface area contributed by atoms with Gasteiger partial charge in [-0.05, 0) is 30.7 Å². The Morgan fingerprint density at radius 3 is 2.49 bits per heavy atom. The van der Waals surface area contributed by atoms with Gasteiger partial charge < -0.3 is 9.15 Å². The van der Waals surface area contributed by atoms with Crippen LogP contribution in [0.5, 0.6) is 0 Å².